The van der Waals surface area contributed by atoms with Gasteiger partial charge in [-0.3, -0.25) is 14.3 Å². The van der Waals surface area contributed by atoms with E-state index in [1.165, 1.54) is 25.9 Å². The van der Waals surface area contributed by atoms with Crippen molar-refractivity contribution >= 4 is 11.8 Å². The summed E-state index contributed by atoms with van der Waals surface area (Å²) in [7, 11) is 1.58. The van der Waals surface area contributed by atoms with Crippen molar-refractivity contribution in [3.05, 3.63) is 77.6 Å². The Morgan fingerprint density at radius 1 is 1.03 bits per heavy atom. The van der Waals surface area contributed by atoms with Gasteiger partial charge in [0.05, 0.1) is 25.4 Å². The zero-order valence-corrected chi connectivity index (χ0v) is 22.0. The van der Waals surface area contributed by atoms with Crippen molar-refractivity contribution in [3.8, 4) is 5.75 Å². The third-order valence-electron chi connectivity index (χ3n) is 7.53. The van der Waals surface area contributed by atoms with Crippen molar-refractivity contribution in [1.29, 1.82) is 0 Å². The van der Waals surface area contributed by atoms with E-state index in [1.54, 1.807) is 31.4 Å². The first-order valence-electron chi connectivity index (χ1n) is 13.5. The van der Waals surface area contributed by atoms with Crippen LogP contribution in [0, 0.1) is 0 Å². The summed E-state index contributed by atoms with van der Waals surface area (Å²) in [5.41, 5.74) is 2.22. The van der Waals surface area contributed by atoms with Gasteiger partial charge in [-0.1, -0.05) is 35.5 Å². The van der Waals surface area contributed by atoms with Crippen molar-refractivity contribution in [1.82, 2.24) is 30.1 Å². The molecular weight excluding hydrogens is 480 g/mol. The molecule has 2 saturated heterocycles. The lowest BCUT2D eigenvalue weighted by atomic mass is 10.0. The molecule has 0 saturated carbocycles. The summed E-state index contributed by atoms with van der Waals surface area (Å²) < 4.78 is 7.06. The van der Waals surface area contributed by atoms with E-state index in [1.807, 2.05) is 46.1 Å². The first-order valence-corrected chi connectivity index (χ1v) is 13.5. The fourth-order valence-corrected chi connectivity index (χ4v) is 5.41. The van der Waals surface area contributed by atoms with Gasteiger partial charge in [0.25, 0.3) is 5.91 Å². The van der Waals surface area contributed by atoms with Crippen molar-refractivity contribution in [2.24, 2.45) is 0 Å². The second-order valence-corrected chi connectivity index (χ2v) is 10.1. The van der Waals surface area contributed by atoms with E-state index in [0.29, 0.717) is 24.4 Å². The maximum absolute atomic E-state index is 13.9. The van der Waals surface area contributed by atoms with Gasteiger partial charge in [-0.05, 0) is 68.6 Å². The minimum atomic E-state index is -0.779. The molecule has 38 heavy (non-hydrogen) atoms. The highest BCUT2D eigenvalue weighted by Gasteiger charge is 2.35. The molecule has 2 atom stereocenters. The van der Waals surface area contributed by atoms with Crippen LogP contribution in [0.3, 0.4) is 0 Å². The molecule has 1 aromatic heterocycles. The van der Waals surface area contributed by atoms with Crippen molar-refractivity contribution in [3.63, 3.8) is 0 Å². The van der Waals surface area contributed by atoms with E-state index < -0.39 is 6.04 Å². The highest BCUT2D eigenvalue weighted by atomic mass is 16.5. The van der Waals surface area contributed by atoms with Crippen molar-refractivity contribution < 1.29 is 14.3 Å². The largest absolute Gasteiger partial charge is 0.497 e. The molecule has 2 aliphatic heterocycles. The van der Waals surface area contributed by atoms with E-state index in [2.05, 4.69) is 20.5 Å². The Kier molecular flexibility index (Phi) is 8.33. The van der Waals surface area contributed by atoms with Crippen LogP contribution in [-0.4, -0.2) is 75.9 Å². The molecule has 0 radical (unpaired) electrons. The molecule has 2 amide bonds. The number of hydrogen-bond acceptors (Lipinski definition) is 6. The molecule has 0 aliphatic carbocycles. The number of benzene rings is 2. The number of carbonyl (C=O) groups excluding carboxylic acids is 2. The number of likely N-dealkylation sites (tertiary alicyclic amines) is 2. The predicted molar refractivity (Wildman–Crippen MR) is 144 cm³/mol. The number of rotatable bonds is 10. The average molecular weight is 517 g/mol. The van der Waals surface area contributed by atoms with Crippen molar-refractivity contribution in [2.75, 3.05) is 33.3 Å². The van der Waals surface area contributed by atoms with Gasteiger partial charge < -0.3 is 19.9 Å². The standard InChI is InChI=1S/C29H36N6O3/c1-38-26-13-11-23(12-14-26)28(36)30-27(22-8-3-2-4-9-22)29(37)35-18-7-10-25(35)21-34-20-24(31-32-34)15-19-33-16-5-6-17-33/h2-4,8-9,11-14,20,25,27H,5-7,10,15-19,21H2,1H3,(H,30,36)/t25-,27?/m1/s1. The molecule has 2 aromatic carbocycles. The summed E-state index contributed by atoms with van der Waals surface area (Å²) >= 11 is 0. The lowest BCUT2D eigenvalue weighted by molar-refractivity contribution is -0.134. The smallest absolute Gasteiger partial charge is 0.252 e. The first-order chi connectivity index (χ1) is 18.6. The van der Waals surface area contributed by atoms with Crippen LogP contribution in [0.1, 0.15) is 53.3 Å². The average Bonchev–Trinajstić information content (AvgIpc) is 3.74. The van der Waals surface area contributed by atoms with E-state index >= 15 is 0 Å². The van der Waals surface area contributed by atoms with Gasteiger partial charge in [-0.25, -0.2) is 0 Å². The minimum Gasteiger partial charge on any atom is -0.497 e. The van der Waals surface area contributed by atoms with Gasteiger partial charge in [-0.2, -0.15) is 0 Å². The van der Waals surface area contributed by atoms with Gasteiger partial charge in [0.1, 0.15) is 11.8 Å². The second-order valence-electron chi connectivity index (χ2n) is 10.1. The minimum absolute atomic E-state index is 0.000247. The molecule has 0 spiro atoms. The molecule has 200 valence electrons. The highest BCUT2D eigenvalue weighted by Crippen LogP contribution is 2.25. The Labute approximate surface area is 223 Å². The first kappa shape index (κ1) is 25.9. The number of ether oxygens (including phenoxy) is 1. The van der Waals surface area contributed by atoms with E-state index in [9.17, 15) is 9.59 Å². The van der Waals surface area contributed by atoms with Crippen LogP contribution in [0.25, 0.3) is 0 Å². The third-order valence-corrected chi connectivity index (χ3v) is 7.53. The molecule has 3 aromatic rings. The number of nitrogens with one attached hydrogen (secondary N) is 1. The molecule has 9 heteroatoms. The summed E-state index contributed by atoms with van der Waals surface area (Å²) in [4.78, 5) is 31.4. The fourth-order valence-electron chi connectivity index (χ4n) is 5.41. The molecule has 3 heterocycles. The summed E-state index contributed by atoms with van der Waals surface area (Å²) in [6, 6.07) is 15.5. The topological polar surface area (TPSA) is 92.6 Å². The van der Waals surface area contributed by atoms with Crippen LogP contribution >= 0.6 is 0 Å². The lowest BCUT2D eigenvalue weighted by Gasteiger charge is -2.29. The quantitative estimate of drug-likeness (QED) is 0.445. The zero-order valence-electron chi connectivity index (χ0n) is 22.0. The van der Waals surface area contributed by atoms with Gasteiger partial charge in [0, 0.05) is 31.3 Å². The fraction of sp³-hybridized carbons (Fsp3) is 0.448. The third kappa shape index (κ3) is 6.22. The van der Waals surface area contributed by atoms with E-state index in [-0.39, 0.29) is 17.9 Å². The van der Waals surface area contributed by atoms with Gasteiger partial charge in [0.2, 0.25) is 5.91 Å². The molecule has 9 nitrogen and oxygen atoms in total. The predicted octanol–water partition coefficient (Wildman–Crippen LogP) is 3.09. The molecule has 2 aliphatic rings. The SMILES string of the molecule is COc1ccc(C(=O)NC(C(=O)N2CCC[C@@H]2Cn2cc(CCN3CCCC3)nn2)c2ccccc2)cc1. The van der Waals surface area contributed by atoms with E-state index in [0.717, 1.165) is 37.1 Å². The van der Waals surface area contributed by atoms with Gasteiger partial charge >= 0.3 is 0 Å². The number of methoxy groups -OCH3 is 1. The molecule has 2 fully saturated rings. The Morgan fingerprint density at radius 2 is 1.79 bits per heavy atom. The maximum Gasteiger partial charge on any atom is 0.252 e. The molecule has 1 unspecified atom stereocenters. The maximum atomic E-state index is 13.9. The number of nitrogens with zero attached hydrogens (tertiary/aromatic N) is 5. The molecular formula is C29H36N6O3. The summed E-state index contributed by atoms with van der Waals surface area (Å²) in [5, 5.41) is 11.7. The summed E-state index contributed by atoms with van der Waals surface area (Å²) in [5.74, 6) is 0.268. The Bertz CT molecular complexity index is 1210. The number of hydrogen-bond donors (Lipinski definition) is 1. The Morgan fingerprint density at radius 3 is 2.53 bits per heavy atom. The van der Waals surface area contributed by atoms with Crippen LogP contribution in [0.4, 0.5) is 0 Å². The van der Waals surface area contributed by atoms with Crippen LogP contribution in [0.2, 0.25) is 0 Å². The van der Waals surface area contributed by atoms with Crippen LogP contribution in [0.15, 0.2) is 60.8 Å². The Balaban J connectivity index is 1.27. The molecule has 1 N–H and O–H groups in total. The molecule has 0 bridgehead atoms. The lowest BCUT2D eigenvalue weighted by Crippen LogP contribution is -2.46. The zero-order chi connectivity index (χ0) is 26.3. The van der Waals surface area contributed by atoms with Crippen LogP contribution in [-0.2, 0) is 17.8 Å². The normalized spacial score (nSPS) is 18.4. The van der Waals surface area contributed by atoms with Gasteiger partial charge in [-0.15, -0.1) is 5.10 Å². The molecule has 5 rings (SSSR count). The summed E-state index contributed by atoms with van der Waals surface area (Å²) in [6.45, 7) is 4.60. The van der Waals surface area contributed by atoms with Crippen LogP contribution < -0.4 is 10.1 Å². The monoisotopic (exact) mass is 516 g/mol. The number of amides is 2. The summed E-state index contributed by atoms with van der Waals surface area (Å²) in [6.07, 6.45) is 7.27. The number of carbonyl (C=O) groups is 2. The van der Waals surface area contributed by atoms with Crippen molar-refractivity contribution in [2.45, 2.75) is 50.7 Å². The van der Waals surface area contributed by atoms with E-state index in [4.69, 9.17) is 4.74 Å². The Hall–Kier alpha value is -3.72. The van der Waals surface area contributed by atoms with Gasteiger partial charge in [0.15, 0.2) is 0 Å². The van der Waals surface area contributed by atoms with Crippen LogP contribution in [0.5, 0.6) is 5.75 Å². The second kappa shape index (κ2) is 12.2. The number of aromatic nitrogens is 3. The highest BCUT2D eigenvalue weighted by molar-refractivity contribution is 5.98.